The number of ether oxygens (including phenoxy) is 3. The van der Waals surface area contributed by atoms with Crippen LogP contribution < -0.4 is 5.32 Å². The molecule has 0 heterocycles. The van der Waals surface area contributed by atoms with Crippen molar-refractivity contribution >= 4 is 11.7 Å². The molecule has 0 fully saturated rings. The molecule has 0 aliphatic rings. The number of amides is 1. The summed E-state index contributed by atoms with van der Waals surface area (Å²) in [5, 5.41) is 2.67. The van der Waals surface area contributed by atoms with Crippen LogP contribution in [0, 0.1) is 5.92 Å². The average Bonchev–Trinajstić information content (AvgIpc) is 2.38. The summed E-state index contributed by atoms with van der Waals surface area (Å²) < 4.78 is 15.3. The lowest BCUT2D eigenvalue weighted by atomic mass is 10.0. The maximum absolute atomic E-state index is 11.6. The van der Waals surface area contributed by atoms with Crippen molar-refractivity contribution < 1.29 is 23.8 Å². The summed E-state index contributed by atoms with van der Waals surface area (Å²) in [6.07, 6.45) is 0.720. The molecular weight excluding hydrogens is 262 g/mol. The molecule has 0 aromatic heterocycles. The van der Waals surface area contributed by atoms with Crippen LogP contribution in [0.15, 0.2) is 0 Å². The first kappa shape index (κ1) is 19.0. The van der Waals surface area contributed by atoms with Crippen LogP contribution in [0.3, 0.4) is 0 Å². The van der Waals surface area contributed by atoms with Gasteiger partial charge in [0.25, 0.3) is 0 Å². The van der Waals surface area contributed by atoms with Crippen molar-refractivity contribution in [3.63, 3.8) is 0 Å². The molecule has 1 unspecified atom stereocenters. The minimum Gasteiger partial charge on any atom is -0.382 e. The van der Waals surface area contributed by atoms with Crippen molar-refractivity contribution in [3.8, 4) is 0 Å². The quantitative estimate of drug-likeness (QED) is 0.538. The van der Waals surface area contributed by atoms with Gasteiger partial charge in [0.1, 0.15) is 6.61 Å². The van der Waals surface area contributed by atoms with Gasteiger partial charge in [0.2, 0.25) is 5.91 Å². The predicted octanol–water partition coefficient (Wildman–Crippen LogP) is 0.786. The van der Waals surface area contributed by atoms with E-state index in [2.05, 4.69) is 5.32 Å². The first-order valence-corrected chi connectivity index (χ1v) is 6.93. The van der Waals surface area contributed by atoms with E-state index in [4.69, 9.17) is 14.2 Å². The Morgan fingerprint density at radius 2 is 1.70 bits per heavy atom. The largest absolute Gasteiger partial charge is 0.382 e. The molecule has 0 bridgehead atoms. The monoisotopic (exact) mass is 289 g/mol. The van der Waals surface area contributed by atoms with Crippen LogP contribution in [0.5, 0.6) is 0 Å². The number of nitrogens with one attached hydrogen (secondary N) is 1. The summed E-state index contributed by atoms with van der Waals surface area (Å²) in [5.41, 5.74) is 0. The second-order valence-corrected chi connectivity index (χ2v) is 4.91. The Labute approximate surface area is 121 Å². The second-order valence-electron chi connectivity index (χ2n) is 4.91. The lowest BCUT2D eigenvalue weighted by Crippen LogP contribution is -2.44. The molecule has 0 spiro atoms. The van der Waals surface area contributed by atoms with Gasteiger partial charge in [-0.1, -0.05) is 13.8 Å². The van der Waals surface area contributed by atoms with Gasteiger partial charge in [0.05, 0.1) is 19.3 Å². The highest BCUT2D eigenvalue weighted by atomic mass is 16.5. The Bertz CT molecular complexity index is 281. The molecule has 0 aromatic carbocycles. The highest BCUT2D eigenvalue weighted by molar-refractivity contribution is 5.88. The summed E-state index contributed by atoms with van der Waals surface area (Å²) in [6.45, 7) is 7.39. The van der Waals surface area contributed by atoms with E-state index in [1.54, 1.807) is 7.11 Å². The SMILES string of the molecule is COCCOCCCOCC(=O)NC(C(C)=O)C(C)C. The maximum Gasteiger partial charge on any atom is 0.246 e. The van der Waals surface area contributed by atoms with Crippen LogP contribution in [0.2, 0.25) is 0 Å². The number of methoxy groups -OCH3 is 1. The number of carbonyl (C=O) groups is 2. The number of rotatable bonds is 12. The molecule has 0 rings (SSSR count). The summed E-state index contributed by atoms with van der Waals surface area (Å²) in [6, 6.07) is -0.441. The summed E-state index contributed by atoms with van der Waals surface area (Å²) in [4.78, 5) is 22.9. The fraction of sp³-hybridized carbons (Fsp3) is 0.857. The molecule has 118 valence electrons. The Morgan fingerprint density at radius 3 is 2.25 bits per heavy atom. The Morgan fingerprint density at radius 1 is 1.05 bits per heavy atom. The van der Waals surface area contributed by atoms with Crippen molar-refractivity contribution in [2.75, 3.05) is 40.1 Å². The maximum atomic E-state index is 11.6. The normalized spacial score (nSPS) is 12.4. The minimum atomic E-state index is -0.441. The lowest BCUT2D eigenvalue weighted by molar-refractivity contribution is -0.130. The first-order valence-electron chi connectivity index (χ1n) is 6.93. The van der Waals surface area contributed by atoms with E-state index in [1.165, 1.54) is 6.92 Å². The van der Waals surface area contributed by atoms with Gasteiger partial charge in [-0.2, -0.15) is 0 Å². The molecule has 0 aliphatic carbocycles. The van der Waals surface area contributed by atoms with E-state index in [9.17, 15) is 9.59 Å². The average molecular weight is 289 g/mol. The highest BCUT2D eigenvalue weighted by Gasteiger charge is 2.20. The van der Waals surface area contributed by atoms with Crippen LogP contribution in [-0.2, 0) is 23.8 Å². The summed E-state index contributed by atoms with van der Waals surface area (Å²) in [7, 11) is 1.62. The molecule has 0 radical (unpaired) electrons. The topological polar surface area (TPSA) is 73.9 Å². The predicted molar refractivity (Wildman–Crippen MR) is 75.6 cm³/mol. The molecule has 1 atom stereocenters. The number of ketones is 1. The van der Waals surface area contributed by atoms with Gasteiger partial charge in [-0.25, -0.2) is 0 Å². The van der Waals surface area contributed by atoms with Crippen LogP contribution in [0.25, 0.3) is 0 Å². The molecule has 1 N–H and O–H groups in total. The van der Waals surface area contributed by atoms with E-state index in [1.807, 2.05) is 13.8 Å². The van der Waals surface area contributed by atoms with Gasteiger partial charge in [0.15, 0.2) is 5.78 Å². The van der Waals surface area contributed by atoms with E-state index in [0.29, 0.717) is 26.4 Å². The number of hydrogen-bond donors (Lipinski definition) is 1. The zero-order chi connectivity index (χ0) is 15.4. The van der Waals surface area contributed by atoms with Crippen LogP contribution in [0.1, 0.15) is 27.2 Å². The van der Waals surface area contributed by atoms with Crippen molar-refractivity contribution in [2.24, 2.45) is 5.92 Å². The van der Waals surface area contributed by atoms with Gasteiger partial charge in [-0.3, -0.25) is 9.59 Å². The fourth-order valence-corrected chi connectivity index (χ4v) is 1.63. The minimum absolute atomic E-state index is 0.0332. The van der Waals surface area contributed by atoms with Gasteiger partial charge in [-0.05, 0) is 19.3 Å². The molecule has 0 aromatic rings. The number of Topliss-reactive ketones (excluding diaryl/α,β-unsaturated/α-hetero) is 1. The fourth-order valence-electron chi connectivity index (χ4n) is 1.63. The van der Waals surface area contributed by atoms with Gasteiger partial charge < -0.3 is 19.5 Å². The Kier molecular flexibility index (Phi) is 11.2. The number of hydrogen-bond acceptors (Lipinski definition) is 5. The van der Waals surface area contributed by atoms with Gasteiger partial charge in [-0.15, -0.1) is 0 Å². The molecule has 0 saturated carbocycles. The van der Waals surface area contributed by atoms with Gasteiger partial charge >= 0.3 is 0 Å². The van der Waals surface area contributed by atoms with Crippen molar-refractivity contribution in [2.45, 2.75) is 33.2 Å². The summed E-state index contributed by atoms with van der Waals surface area (Å²) in [5.74, 6) is -0.232. The summed E-state index contributed by atoms with van der Waals surface area (Å²) >= 11 is 0. The highest BCUT2D eigenvalue weighted by Crippen LogP contribution is 2.02. The second kappa shape index (κ2) is 11.8. The number of carbonyl (C=O) groups excluding carboxylic acids is 2. The van der Waals surface area contributed by atoms with Gasteiger partial charge in [0, 0.05) is 20.3 Å². The Balaban J connectivity index is 3.60. The zero-order valence-electron chi connectivity index (χ0n) is 12.9. The van der Waals surface area contributed by atoms with Crippen molar-refractivity contribution in [1.82, 2.24) is 5.32 Å². The molecule has 1 amide bonds. The van der Waals surface area contributed by atoms with Crippen LogP contribution >= 0.6 is 0 Å². The van der Waals surface area contributed by atoms with E-state index >= 15 is 0 Å². The third-order valence-corrected chi connectivity index (χ3v) is 2.66. The smallest absolute Gasteiger partial charge is 0.246 e. The van der Waals surface area contributed by atoms with Crippen molar-refractivity contribution in [1.29, 1.82) is 0 Å². The molecule has 6 heteroatoms. The van der Waals surface area contributed by atoms with Crippen molar-refractivity contribution in [3.05, 3.63) is 0 Å². The lowest BCUT2D eigenvalue weighted by Gasteiger charge is -2.19. The third kappa shape index (κ3) is 9.89. The molecular formula is C14H27NO5. The van der Waals surface area contributed by atoms with E-state index in [-0.39, 0.29) is 24.2 Å². The third-order valence-electron chi connectivity index (χ3n) is 2.66. The molecule has 20 heavy (non-hydrogen) atoms. The zero-order valence-corrected chi connectivity index (χ0v) is 12.9. The molecule has 0 aliphatic heterocycles. The molecule has 6 nitrogen and oxygen atoms in total. The first-order chi connectivity index (χ1) is 9.49. The Hall–Kier alpha value is -0.980. The standard InChI is InChI=1S/C14H27NO5/c1-11(2)14(12(3)16)15-13(17)10-20-7-5-6-19-9-8-18-4/h11,14H,5-10H2,1-4H3,(H,15,17). The van der Waals surface area contributed by atoms with E-state index in [0.717, 1.165) is 6.42 Å². The van der Waals surface area contributed by atoms with Crippen LogP contribution in [0.4, 0.5) is 0 Å². The van der Waals surface area contributed by atoms with E-state index < -0.39 is 6.04 Å². The molecule has 0 saturated heterocycles. The van der Waals surface area contributed by atoms with Crippen LogP contribution in [-0.4, -0.2) is 57.9 Å².